The Labute approximate surface area is 143 Å². The first-order chi connectivity index (χ1) is 10.9. The molecule has 23 heavy (non-hydrogen) atoms. The summed E-state index contributed by atoms with van der Waals surface area (Å²) < 4.78 is 6.06. The van der Waals surface area contributed by atoms with E-state index in [2.05, 4.69) is 21.2 Å². The van der Waals surface area contributed by atoms with E-state index in [1.807, 2.05) is 19.1 Å². The number of amides is 2. The Bertz CT molecular complexity index is 620. The first-order valence-corrected chi connectivity index (χ1v) is 8.19. The third kappa shape index (κ3) is 3.67. The molecule has 1 aromatic carbocycles. The fourth-order valence-corrected chi connectivity index (χ4v) is 3.33. The lowest BCUT2D eigenvalue weighted by molar-refractivity contribution is -0.122. The first-order valence-electron chi connectivity index (χ1n) is 7.40. The number of aliphatic hydroxyl groups excluding tert-OH is 1. The van der Waals surface area contributed by atoms with Crippen LogP contribution in [-0.2, 0) is 4.79 Å². The molecule has 0 radical (unpaired) electrons. The smallest absolute Gasteiger partial charge is 0.258 e. The van der Waals surface area contributed by atoms with E-state index in [1.165, 1.54) is 7.11 Å². The van der Waals surface area contributed by atoms with Gasteiger partial charge in [-0.1, -0.05) is 6.07 Å². The van der Waals surface area contributed by atoms with E-state index in [4.69, 9.17) is 4.74 Å². The van der Waals surface area contributed by atoms with E-state index in [0.717, 1.165) is 5.56 Å². The van der Waals surface area contributed by atoms with Gasteiger partial charge in [0, 0.05) is 32.5 Å². The Morgan fingerprint density at radius 3 is 2.74 bits per heavy atom. The Morgan fingerprint density at radius 2 is 2.13 bits per heavy atom. The van der Waals surface area contributed by atoms with Gasteiger partial charge in [0.1, 0.15) is 5.75 Å². The maximum atomic E-state index is 12.9. The predicted octanol–water partition coefficient (Wildman–Crippen LogP) is 1.34. The Kier molecular flexibility index (Phi) is 5.64. The molecule has 1 aromatic rings. The van der Waals surface area contributed by atoms with Gasteiger partial charge in [-0.25, -0.2) is 0 Å². The zero-order chi connectivity index (χ0) is 17.1. The molecule has 1 saturated heterocycles. The number of benzene rings is 1. The number of carbonyl (C=O) groups is 2. The van der Waals surface area contributed by atoms with E-state index in [-0.39, 0.29) is 30.7 Å². The number of β-amino-alcohol motifs (C(OH)–C–C–N with tert-alkyl or cyclic N) is 1. The molecule has 0 spiro atoms. The van der Waals surface area contributed by atoms with Crippen molar-refractivity contribution in [2.45, 2.75) is 19.4 Å². The Hall–Kier alpha value is -1.60. The van der Waals surface area contributed by atoms with Gasteiger partial charge in [-0.3, -0.25) is 9.59 Å². The molecule has 1 heterocycles. The molecule has 2 amide bonds. The zero-order valence-electron chi connectivity index (χ0n) is 13.4. The van der Waals surface area contributed by atoms with Gasteiger partial charge in [0.2, 0.25) is 5.91 Å². The molecule has 0 aliphatic carbocycles. The third-order valence-corrected chi connectivity index (χ3v) is 4.78. The van der Waals surface area contributed by atoms with Crippen LogP contribution in [0.4, 0.5) is 0 Å². The van der Waals surface area contributed by atoms with Crippen LogP contribution in [0.25, 0.3) is 0 Å². The number of methoxy groups -OCH3 is 1. The van der Waals surface area contributed by atoms with Crippen LogP contribution in [0.3, 0.4) is 0 Å². The topological polar surface area (TPSA) is 78.9 Å². The summed E-state index contributed by atoms with van der Waals surface area (Å²) in [5, 5.41) is 12.7. The van der Waals surface area contributed by atoms with Crippen molar-refractivity contribution in [1.82, 2.24) is 10.2 Å². The molecule has 2 atom stereocenters. The zero-order valence-corrected chi connectivity index (χ0v) is 15.0. The van der Waals surface area contributed by atoms with Gasteiger partial charge in [0.25, 0.3) is 5.91 Å². The van der Waals surface area contributed by atoms with E-state index in [9.17, 15) is 14.7 Å². The lowest BCUT2D eigenvalue weighted by atomic mass is 10.0. The number of nitrogens with zero attached hydrogens (tertiary/aromatic N) is 1. The average molecular weight is 385 g/mol. The molecule has 0 saturated carbocycles. The minimum atomic E-state index is -0.699. The quantitative estimate of drug-likeness (QED) is 0.820. The summed E-state index contributed by atoms with van der Waals surface area (Å²) >= 11 is 3.39. The normalized spacial score (nSPS) is 20.5. The van der Waals surface area contributed by atoms with Gasteiger partial charge in [-0.15, -0.1) is 0 Å². The number of carbonyl (C=O) groups excluding carboxylic acids is 2. The number of ether oxygens (including phenoxy) is 1. The molecular formula is C16H21BrN2O4. The summed E-state index contributed by atoms with van der Waals surface area (Å²) in [7, 11) is 3.08. The number of hydrogen-bond acceptors (Lipinski definition) is 4. The number of nitrogens with one attached hydrogen (secondary N) is 1. The van der Waals surface area contributed by atoms with Crippen molar-refractivity contribution in [3.8, 4) is 5.75 Å². The maximum absolute atomic E-state index is 12.9. The van der Waals surface area contributed by atoms with Crippen molar-refractivity contribution in [2.24, 2.45) is 5.92 Å². The van der Waals surface area contributed by atoms with Crippen molar-refractivity contribution in [1.29, 1.82) is 0 Å². The number of rotatable bonds is 4. The minimum absolute atomic E-state index is 0.139. The van der Waals surface area contributed by atoms with E-state index in [0.29, 0.717) is 22.3 Å². The van der Waals surface area contributed by atoms with Gasteiger partial charge in [0.05, 0.1) is 23.2 Å². The van der Waals surface area contributed by atoms with E-state index >= 15 is 0 Å². The van der Waals surface area contributed by atoms with Gasteiger partial charge < -0.3 is 20.1 Å². The number of aryl methyl sites for hydroxylation is 1. The standard InChI is InChI=1S/C16H21BrN2O4/c1-9-4-5-11(17)15(23-3)14(9)16(22)19-7-10(12(20)8-19)6-13(21)18-2/h4-5,10,12,20H,6-8H2,1-3H3,(H,18,21)/t10-,12-/m1/s1. The van der Waals surface area contributed by atoms with Crippen molar-refractivity contribution in [3.05, 3.63) is 27.7 Å². The summed E-state index contributed by atoms with van der Waals surface area (Å²) in [6, 6.07) is 3.67. The SMILES string of the molecule is CNC(=O)C[C@@H]1CN(C(=O)c2c(C)ccc(Br)c2OC)C[C@H]1O. The van der Waals surface area contributed by atoms with E-state index in [1.54, 1.807) is 11.9 Å². The molecule has 1 aliphatic heterocycles. The van der Waals surface area contributed by atoms with Gasteiger partial charge in [0.15, 0.2) is 0 Å². The fraction of sp³-hybridized carbons (Fsp3) is 0.500. The third-order valence-electron chi connectivity index (χ3n) is 4.16. The molecule has 7 heteroatoms. The summed E-state index contributed by atoms with van der Waals surface area (Å²) in [5.41, 5.74) is 1.29. The maximum Gasteiger partial charge on any atom is 0.258 e. The minimum Gasteiger partial charge on any atom is -0.495 e. The molecule has 2 N–H and O–H groups in total. The van der Waals surface area contributed by atoms with Gasteiger partial charge in [-0.05, 0) is 34.5 Å². The van der Waals surface area contributed by atoms with Crippen LogP contribution >= 0.6 is 15.9 Å². The summed E-state index contributed by atoms with van der Waals surface area (Å²) in [6.45, 7) is 2.41. The van der Waals surface area contributed by atoms with Crippen molar-refractivity contribution in [2.75, 3.05) is 27.2 Å². The molecule has 1 aliphatic rings. The highest BCUT2D eigenvalue weighted by atomic mass is 79.9. The van der Waals surface area contributed by atoms with Crippen LogP contribution in [0.5, 0.6) is 5.75 Å². The summed E-state index contributed by atoms with van der Waals surface area (Å²) in [5.74, 6) is -0.102. The lowest BCUT2D eigenvalue weighted by Crippen LogP contribution is -2.30. The molecule has 0 unspecified atom stereocenters. The number of halogens is 1. The second-order valence-corrected chi connectivity index (χ2v) is 6.54. The van der Waals surface area contributed by atoms with Crippen LogP contribution in [0.1, 0.15) is 22.3 Å². The molecule has 0 bridgehead atoms. The monoisotopic (exact) mass is 384 g/mol. The highest BCUT2D eigenvalue weighted by molar-refractivity contribution is 9.10. The van der Waals surface area contributed by atoms with Gasteiger partial charge in [-0.2, -0.15) is 0 Å². The molecule has 2 rings (SSSR count). The molecule has 1 fully saturated rings. The number of aliphatic hydroxyl groups is 1. The molecule has 0 aromatic heterocycles. The molecule has 126 valence electrons. The first kappa shape index (κ1) is 17.7. The second kappa shape index (κ2) is 7.31. The molecule has 6 nitrogen and oxygen atoms in total. The van der Waals surface area contributed by atoms with Crippen LogP contribution in [0, 0.1) is 12.8 Å². The predicted molar refractivity (Wildman–Crippen MR) is 89.5 cm³/mol. The highest BCUT2D eigenvalue weighted by Crippen LogP contribution is 2.33. The lowest BCUT2D eigenvalue weighted by Gasteiger charge is -2.20. The van der Waals surface area contributed by atoms with Crippen LogP contribution in [0.2, 0.25) is 0 Å². The van der Waals surface area contributed by atoms with Crippen molar-refractivity contribution in [3.63, 3.8) is 0 Å². The average Bonchev–Trinajstić information content (AvgIpc) is 2.89. The number of likely N-dealkylation sites (tertiary alicyclic amines) is 1. The highest BCUT2D eigenvalue weighted by Gasteiger charge is 2.36. The van der Waals surface area contributed by atoms with Crippen LogP contribution in [-0.4, -0.2) is 55.2 Å². The van der Waals surface area contributed by atoms with Crippen LogP contribution < -0.4 is 10.1 Å². The fourth-order valence-electron chi connectivity index (χ4n) is 2.84. The van der Waals surface area contributed by atoms with Gasteiger partial charge >= 0.3 is 0 Å². The Balaban J connectivity index is 2.22. The molecular weight excluding hydrogens is 364 g/mol. The second-order valence-electron chi connectivity index (χ2n) is 5.69. The number of hydrogen-bond donors (Lipinski definition) is 2. The van der Waals surface area contributed by atoms with Crippen molar-refractivity contribution >= 4 is 27.7 Å². The summed E-state index contributed by atoms with van der Waals surface area (Å²) in [6.07, 6.45) is -0.495. The van der Waals surface area contributed by atoms with E-state index < -0.39 is 6.10 Å². The van der Waals surface area contributed by atoms with Crippen molar-refractivity contribution < 1.29 is 19.4 Å². The summed E-state index contributed by atoms with van der Waals surface area (Å²) in [4.78, 5) is 25.9. The Morgan fingerprint density at radius 1 is 1.43 bits per heavy atom. The largest absolute Gasteiger partial charge is 0.495 e. The van der Waals surface area contributed by atoms with Crippen LogP contribution in [0.15, 0.2) is 16.6 Å².